The van der Waals surface area contributed by atoms with Crippen molar-refractivity contribution in [3.63, 3.8) is 0 Å². The van der Waals surface area contributed by atoms with Crippen LogP contribution in [-0.4, -0.2) is 74.0 Å². The summed E-state index contributed by atoms with van der Waals surface area (Å²) in [6.07, 6.45) is 6.87. The maximum absolute atomic E-state index is 13.5. The van der Waals surface area contributed by atoms with Gasteiger partial charge >= 0.3 is 12.1 Å². The second kappa shape index (κ2) is 24.9. The highest BCUT2D eigenvalue weighted by Gasteiger charge is 2.29. The van der Waals surface area contributed by atoms with Gasteiger partial charge in [0.15, 0.2) is 5.88 Å². The molecule has 0 radical (unpaired) electrons. The fourth-order valence-electron chi connectivity index (χ4n) is 6.20. The van der Waals surface area contributed by atoms with Crippen LogP contribution >= 0.6 is 11.8 Å². The molecule has 0 spiro atoms. The van der Waals surface area contributed by atoms with Gasteiger partial charge in [0.25, 0.3) is 0 Å². The Morgan fingerprint density at radius 1 is 0.877 bits per heavy atom. The van der Waals surface area contributed by atoms with Gasteiger partial charge in [0.05, 0.1) is 4.90 Å². The molecule has 0 aliphatic carbocycles. The van der Waals surface area contributed by atoms with Gasteiger partial charge in [0, 0.05) is 42.1 Å². The zero-order valence-corrected chi connectivity index (χ0v) is 35.7. The third-order valence-corrected chi connectivity index (χ3v) is 10.6. The smallest absolute Gasteiger partial charge is 0.407 e. The van der Waals surface area contributed by atoms with Crippen LogP contribution < -0.4 is 32.3 Å². The van der Waals surface area contributed by atoms with E-state index in [0.717, 1.165) is 37.7 Å². The fourth-order valence-corrected chi connectivity index (χ4v) is 7.46. The first-order valence-electron chi connectivity index (χ1n) is 20.2. The van der Waals surface area contributed by atoms with Gasteiger partial charge in [0.1, 0.15) is 18.7 Å². The molecule has 1 aromatic heterocycles. The Bertz CT molecular complexity index is 1580. The molecule has 0 saturated carbocycles. The molecule has 6 amide bonds. The summed E-state index contributed by atoms with van der Waals surface area (Å²) >= 11 is 1.53. The first-order chi connectivity index (χ1) is 27.0. The van der Waals surface area contributed by atoms with E-state index < -0.39 is 36.0 Å². The maximum atomic E-state index is 13.5. The number of alkyl carbamates (subject to hydrolysis) is 1. The number of carbonyl (C=O) groups excluding carboxylic acids is 5. The number of nitrogens with zero attached hydrogens (tertiary/aromatic N) is 1. The molecule has 0 aliphatic rings. The average molecular weight is 818 g/mol. The molecule has 320 valence electrons. The first kappa shape index (κ1) is 48.5. The molecule has 1 aromatic carbocycles. The molecular formula is C41H67N7O8S. The second-order valence-corrected chi connectivity index (χ2v) is 17.2. The van der Waals surface area contributed by atoms with E-state index in [-0.39, 0.29) is 60.4 Å². The largest absolute Gasteiger partial charge is 0.494 e. The third kappa shape index (κ3) is 18.5. The summed E-state index contributed by atoms with van der Waals surface area (Å²) in [5.41, 5.74) is 6.36. The van der Waals surface area contributed by atoms with E-state index in [1.807, 2.05) is 6.92 Å². The van der Waals surface area contributed by atoms with Gasteiger partial charge in [-0.25, -0.2) is 9.59 Å². The summed E-state index contributed by atoms with van der Waals surface area (Å²) in [6.45, 7) is 14.6. The van der Waals surface area contributed by atoms with Crippen LogP contribution in [0.25, 0.3) is 0 Å². The Morgan fingerprint density at radius 2 is 1.58 bits per heavy atom. The summed E-state index contributed by atoms with van der Waals surface area (Å²) in [4.78, 5) is 64.0. The van der Waals surface area contributed by atoms with Gasteiger partial charge in [-0.15, -0.1) is 11.8 Å². The number of primary amides is 1. The number of benzene rings is 1. The number of aromatic nitrogens is 1. The number of anilines is 1. The van der Waals surface area contributed by atoms with Crippen molar-refractivity contribution >= 4 is 47.3 Å². The highest BCUT2D eigenvalue weighted by Crippen LogP contribution is 2.43. The van der Waals surface area contributed by atoms with Crippen LogP contribution in [0.15, 0.2) is 35.2 Å². The summed E-state index contributed by atoms with van der Waals surface area (Å²) < 4.78 is 6.72. The lowest BCUT2D eigenvalue weighted by molar-refractivity contribution is -0.132. The number of nitrogens with one attached hydrogen (secondary N) is 5. The number of amides is 6. The van der Waals surface area contributed by atoms with Crippen LogP contribution in [0.5, 0.6) is 11.8 Å². The van der Waals surface area contributed by atoms with Crippen LogP contribution in [0.4, 0.5) is 15.3 Å². The van der Waals surface area contributed by atoms with Gasteiger partial charge in [0.2, 0.25) is 23.6 Å². The normalized spacial score (nSPS) is 13.0. The molecule has 16 heteroatoms. The zero-order valence-electron chi connectivity index (χ0n) is 34.9. The molecule has 1 heterocycles. The van der Waals surface area contributed by atoms with Crippen LogP contribution in [0.1, 0.15) is 125 Å². The van der Waals surface area contributed by atoms with Gasteiger partial charge in [-0.3, -0.25) is 19.0 Å². The number of hydrogen-bond donors (Lipinski definition) is 8. The molecular weight excluding hydrogens is 751 g/mol. The van der Waals surface area contributed by atoms with Crippen molar-refractivity contribution in [3.8, 4) is 11.8 Å². The Labute approximate surface area is 342 Å². The van der Waals surface area contributed by atoms with Crippen LogP contribution in [-0.2, 0) is 32.3 Å². The average Bonchev–Trinajstić information content (AvgIpc) is 3.39. The second-order valence-electron chi connectivity index (χ2n) is 15.5. The number of rotatable bonds is 26. The molecule has 15 nitrogen and oxygen atoms in total. The molecule has 0 fully saturated rings. The predicted molar refractivity (Wildman–Crippen MR) is 224 cm³/mol. The number of carbonyl (C=O) groups is 5. The van der Waals surface area contributed by atoms with Crippen molar-refractivity contribution in [2.24, 2.45) is 11.7 Å². The number of ether oxygens (including phenoxy) is 1. The third-order valence-electron chi connectivity index (χ3n) is 9.35. The molecule has 3 unspecified atom stereocenters. The number of nitrogens with two attached hydrogens (primary N) is 1. The zero-order chi connectivity index (χ0) is 42.5. The van der Waals surface area contributed by atoms with E-state index >= 15 is 0 Å². The minimum absolute atomic E-state index is 0.00419. The lowest BCUT2D eigenvalue weighted by Gasteiger charge is -2.25. The Kier molecular flexibility index (Phi) is 21.2. The van der Waals surface area contributed by atoms with Crippen molar-refractivity contribution in [2.75, 3.05) is 11.9 Å². The summed E-state index contributed by atoms with van der Waals surface area (Å²) in [5, 5.41) is 34.9. The first-order valence-corrected chi connectivity index (χ1v) is 21.0. The van der Waals surface area contributed by atoms with Crippen LogP contribution in [0.3, 0.4) is 0 Å². The number of urea groups is 1. The Balaban J connectivity index is 1.94. The Hall–Kier alpha value is -4.60. The van der Waals surface area contributed by atoms with Crippen molar-refractivity contribution in [1.82, 2.24) is 25.8 Å². The van der Waals surface area contributed by atoms with Gasteiger partial charge in [-0.2, -0.15) is 0 Å². The predicted octanol–water partition coefficient (Wildman–Crippen LogP) is 6.65. The standard InChI is InChI=1S/C41H67N7O8S/c1-8-10-15-28(5)44-40(55)56-26-29-18-20-30(21-19-29)45-36(51)31(16-14-23-43-39(42)54)46-37(52)35(27(3)4)47-33(49)17-12-11-13-24-48-34(50)25-32(38(48)53)57-41(6,7)22-9-2/h18-21,25,27-28,31,35,50,53H,8-17,22-24,26H2,1-7H3,(H,44,55)(H,45,51)(H,46,52)(H,47,49)(H3,42,43,54). The van der Waals surface area contributed by atoms with E-state index in [2.05, 4.69) is 54.3 Å². The van der Waals surface area contributed by atoms with E-state index in [1.54, 1.807) is 44.2 Å². The molecule has 0 aliphatic heterocycles. The number of unbranched alkanes of at least 4 members (excludes halogenated alkanes) is 3. The van der Waals surface area contributed by atoms with E-state index in [1.165, 1.54) is 16.3 Å². The summed E-state index contributed by atoms with van der Waals surface area (Å²) in [7, 11) is 0. The highest BCUT2D eigenvalue weighted by atomic mass is 32.2. The molecule has 0 bridgehead atoms. The number of thioether (sulfide) groups is 1. The SMILES string of the molecule is CCCCC(C)NC(=O)OCc1ccc(NC(=O)C(CCCNC(N)=O)NC(=O)C(NC(=O)CCCCCn2c(O)cc(SC(C)(C)CCC)c2O)C(C)C)cc1. The van der Waals surface area contributed by atoms with Gasteiger partial charge < -0.3 is 47.3 Å². The molecule has 2 rings (SSSR count). The van der Waals surface area contributed by atoms with Gasteiger partial charge in [-0.1, -0.05) is 79.4 Å². The quantitative estimate of drug-likeness (QED) is 0.0375. The van der Waals surface area contributed by atoms with Crippen LogP contribution in [0, 0.1) is 5.92 Å². The topological polar surface area (TPSA) is 226 Å². The monoisotopic (exact) mass is 817 g/mol. The number of hydrogen-bond acceptors (Lipinski definition) is 9. The van der Waals surface area contributed by atoms with Crippen molar-refractivity contribution in [2.45, 2.75) is 160 Å². The molecule has 2 aromatic rings. The molecule has 3 atom stereocenters. The van der Waals surface area contributed by atoms with Crippen molar-refractivity contribution in [1.29, 1.82) is 0 Å². The molecule has 0 saturated heterocycles. The number of aromatic hydroxyl groups is 2. The maximum Gasteiger partial charge on any atom is 0.407 e. The van der Waals surface area contributed by atoms with Crippen molar-refractivity contribution < 1.29 is 38.9 Å². The van der Waals surface area contributed by atoms with E-state index in [4.69, 9.17) is 10.5 Å². The molecule has 9 N–H and O–H groups in total. The summed E-state index contributed by atoms with van der Waals surface area (Å²) in [5.74, 6) is -1.59. The fraction of sp³-hybridized carbons (Fsp3) is 0.634. The summed E-state index contributed by atoms with van der Waals surface area (Å²) in [6, 6.07) is 5.75. The lowest BCUT2D eigenvalue weighted by atomic mass is 10.0. The van der Waals surface area contributed by atoms with E-state index in [0.29, 0.717) is 42.8 Å². The van der Waals surface area contributed by atoms with E-state index in [9.17, 15) is 34.2 Å². The van der Waals surface area contributed by atoms with Gasteiger partial charge in [-0.05, 0) is 69.1 Å². The lowest BCUT2D eigenvalue weighted by Crippen LogP contribution is -2.54. The molecule has 57 heavy (non-hydrogen) atoms. The minimum Gasteiger partial charge on any atom is -0.494 e. The van der Waals surface area contributed by atoms with Crippen molar-refractivity contribution in [3.05, 3.63) is 35.9 Å². The Morgan fingerprint density at radius 3 is 2.21 bits per heavy atom. The van der Waals surface area contributed by atoms with Crippen LogP contribution in [0.2, 0.25) is 0 Å². The highest BCUT2D eigenvalue weighted by molar-refractivity contribution is 8.00. The minimum atomic E-state index is -0.995.